The Labute approximate surface area is 142 Å². The third-order valence-corrected chi connectivity index (χ3v) is 3.54. The van der Waals surface area contributed by atoms with Crippen LogP contribution in [0.4, 0.5) is 5.69 Å². The molecule has 0 heterocycles. The molecule has 2 N–H and O–H groups in total. The van der Waals surface area contributed by atoms with Crippen molar-refractivity contribution in [1.29, 1.82) is 0 Å². The Morgan fingerprint density at radius 1 is 1.04 bits per heavy atom. The van der Waals surface area contributed by atoms with Gasteiger partial charge in [0.05, 0.1) is 0 Å². The Hall–Kier alpha value is -2.82. The zero-order valence-electron chi connectivity index (χ0n) is 13.9. The molecular weight excluding hydrogens is 304 g/mol. The smallest absolute Gasteiger partial charge is 0.258 e. The molecule has 24 heavy (non-hydrogen) atoms. The molecule has 0 saturated carbocycles. The molecule has 2 aromatic rings. The highest BCUT2D eigenvalue weighted by Gasteiger charge is 2.07. The summed E-state index contributed by atoms with van der Waals surface area (Å²) >= 11 is 0. The van der Waals surface area contributed by atoms with E-state index in [0.717, 1.165) is 6.42 Å². The molecule has 2 rings (SSSR count). The summed E-state index contributed by atoms with van der Waals surface area (Å²) in [6.07, 6.45) is 0.877. The van der Waals surface area contributed by atoms with E-state index in [1.807, 2.05) is 32.0 Å². The van der Waals surface area contributed by atoms with Crippen LogP contribution in [0.2, 0.25) is 0 Å². The first-order valence-corrected chi connectivity index (χ1v) is 7.97. The van der Waals surface area contributed by atoms with Crippen molar-refractivity contribution in [2.75, 3.05) is 11.9 Å². The second-order valence-electron chi connectivity index (χ2n) is 5.51. The number of anilines is 1. The Bertz CT molecular complexity index is 669. The average Bonchev–Trinajstić information content (AvgIpc) is 2.61. The minimum atomic E-state index is -0.169. The van der Waals surface area contributed by atoms with Gasteiger partial charge in [-0.15, -0.1) is 0 Å². The van der Waals surface area contributed by atoms with Crippen molar-refractivity contribution < 1.29 is 14.3 Å². The van der Waals surface area contributed by atoms with Gasteiger partial charge in [-0.05, 0) is 49.7 Å². The maximum absolute atomic E-state index is 12.0. The zero-order valence-corrected chi connectivity index (χ0v) is 13.9. The molecule has 0 radical (unpaired) electrons. The summed E-state index contributed by atoms with van der Waals surface area (Å²) in [6.45, 7) is 3.93. The van der Waals surface area contributed by atoms with E-state index in [1.165, 1.54) is 0 Å². The van der Waals surface area contributed by atoms with Crippen LogP contribution in [-0.4, -0.2) is 24.5 Å². The van der Waals surface area contributed by atoms with Gasteiger partial charge >= 0.3 is 0 Å². The van der Waals surface area contributed by atoms with Gasteiger partial charge in [0.15, 0.2) is 6.61 Å². The zero-order chi connectivity index (χ0) is 17.4. The minimum Gasteiger partial charge on any atom is -0.484 e. The fraction of sp³-hybridized carbons (Fsp3) is 0.263. The number of carbonyl (C=O) groups excluding carboxylic acids is 2. The van der Waals surface area contributed by atoms with Crippen LogP contribution >= 0.6 is 0 Å². The molecule has 1 atom stereocenters. The van der Waals surface area contributed by atoms with Crippen molar-refractivity contribution >= 4 is 17.5 Å². The molecule has 0 aliphatic heterocycles. The fourth-order valence-electron chi connectivity index (χ4n) is 1.99. The quantitative estimate of drug-likeness (QED) is 0.821. The third kappa shape index (κ3) is 5.43. The van der Waals surface area contributed by atoms with Crippen molar-refractivity contribution in [3.8, 4) is 5.75 Å². The summed E-state index contributed by atoms with van der Waals surface area (Å²) in [5.74, 6) is 0.259. The summed E-state index contributed by atoms with van der Waals surface area (Å²) in [7, 11) is 0. The van der Waals surface area contributed by atoms with Gasteiger partial charge in [-0.25, -0.2) is 0 Å². The van der Waals surface area contributed by atoms with E-state index >= 15 is 0 Å². The lowest BCUT2D eigenvalue weighted by atomic mass is 10.2. The normalized spacial score (nSPS) is 11.4. The van der Waals surface area contributed by atoms with Crippen LogP contribution in [0.25, 0.3) is 0 Å². The Kier molecular flexibility index (Phi) is 6.37. The number of benzene rings is 2. The molecule has 0 saturated heterocycles. The Morgan fingerprint density at radius 3 is 2.33 bits per heavy atom. The second-order valence-corrected chi connectivity index (χ2v) is 5.51. The molecule has 0 aliphatic rings. The van der Waals surface area contributed by atoms with Crippen LogP contribution in [0.15, 0.2) is 54.6 Å². The van der Waals surface area contributed by atoms with E-state index in [-0.39, 0.29) is 24.5 Å². The molecule has 2 aromatic carbocycles. The molecule has 0 aliphatic carbocycles. The van der Waals surface area contributed by atoms with Crippen molar-refractivity contribution in [3.63, 3.8) is 0 Å². The van der Waals surface area contributed by atoms with Gasteiger partial charge in [0.1, 0.15) is 5.75 Å². The maximum atomic E-state index is 12.0. The first-order valence-electron chi connectivity index (χ1n) is 7.97. The summed E-state index contributed by atoms with van der Waals surface area (Å²) in [4.78, 5) is 23.7. The number of amides is 2. The highest BCUT2D eigenvalue weighted by Crippen LogP contribution is 2.16. The Morgan fingerprint density at radius 2 is 1.71 bits per heavy atom. The first-order chi connectivity index (χ1) is 11.6. The van der Waals surface area contributed by atoms with Gasteiger partial charge in [-0.3, -0.25) is 9.59 Å². The predicted octanol–water partition coefficient (Wildman–Crippen LogP) is 3.23. The summed E-state index contributed by atoms with van der Waals surface area (Å²) in [5.41, 5.74) is 1.26. The van der Waals surface area contributed by atoms with Crippen LogP contribution in [0.5, 0.6) is 5.75 Å². The molecule has 5 nitrogen and oxygen atoms in total. The lowest BCUT2D eigenvalue weighted by Crippen LogP contribution is -2.35. The van der Waals surface area contributed by atoms with Crippen LogP contribution in [-0.2, 0) is 4.79 Å². The van der Waals surface area contributed by atoms with Crippen LogP contribution in [0.3, 0.4) is 0 Å². The third-order valence-electron chi connectivity index (χ3n) is 3.54. The highest BCUT2D eigenvalue weighted by atomic mass is 16.5. The van der Waals surface area contributed by atoms with Gasteiger partial charge in [0, 0.05) is 17.3 Å². The van der Waals surface area contributed by atoms with Crippen LogP contribution in [0, 0.1) is 0 Å². The van der Waals surface area contributed by atoms with E-state index in [2.05, 4.69) is 10.6 Å². The second kappa shape index (κ2) is 8.72. The highest BCUT2D eigenvalue weighted by molar-refractivity contribution is 6.04. The van der Waals surface area contributed by atoms with E-state index in [9.17, 15) is 9.59 Å². The largest absolute Gasteiger partial charge is 0.484 e. The van der Waals surface area contributed by atoms with E-state index in [0.29, 0.717) is 17.0 Å². The van der Waals surface area contributed by atoms with Gasteiger partial charge in [0.2, 0.25) is 0 Å². The molecule has 2 amide bonds. The topological polar surface area (TPSA) is 67.4 Å². The number of hydrogen-bond donors (Lipinski definition) is 2. The van der Waals surface area contributed by atoms with E-state index in [4.69, 9.17) is 4.74 Å². The van der Waals surface area contributed by atoms with Crippen LogP contribution < -0.4 is 15.4 Å². The van der Waals surface area contributed by atoms with Crippen molar-refractivity contribution in [3.05, 3.63) is 60.2 Å². The first kappa shape index (κ1) is 17.5. The number of rotatable bonds is 7. The molecule has 0 fully saturated rings. The molecular formula is C19H22N2O3. The molecule has 5 heteroatoms. The predicted molar refractivity (Wildman–Crippen MR) is 94.2 cm³/mol. The van der Waals surface area contributed by atoms with E-state index in [1.54, 1.807) is 36.4 Å². The van der Waals surface area contributed by atoms with Crippen molar-refractivity contribution in [2.45, 2.75) is 26.3 Å². The van der Waals surface area contributed by atoms with Gasteiger partial charge in [-0.2, -0.15) is 0 Å². The number of ether oxygens (including phenoxy) is 1. The van der Waals surface area contributed by atoms with Gasteiger partial charge in [-0.1, -0.05) is 25.1 Å². The monoisotopic (exact) mass is 326 g/mol. The lowest BCUT2D eigenvalue weighted by molar-refractivity contribution is -0.123. The van der Waals surface area contributed by atoms with Crippen molar-refractivity contribution in [2.24, 2.45) is 0 Å². The number of hydrogen-bond acceptors (Lipinski definition) is 3. The maximum Gasteiger partial charge on any atom is 0.258 e. The van der Waals surface area contributed by atoms with E-state index < -0.39 is 0 Å². The summed E-state index contributed by atoms with van der Waals surface area (Å²) < 4.78 is 5.43. The van der Waals surface area contributed by atoms with Crippen molar-refractivity contribution in [1.82, 2.24) is 5.32 Å². The van der Waals surface area contributed by atoms with Gasteiger partial charge in [0.25, 0.3) is 11.8 Å². The molecule has 0 unspecified atom stereocenters. The molecule has 0 bridgehead atoms. The molecule has 126 valence electrons. The number of carbonyl (C=O) groups is 2. The molecule has 0 spiro atoms. The SMILES string of the molecule is CC[C@@H](C)NC(=O)COc1ccc(NC(=O)c2ccccc2)cc1. The molecule has 0 aromatic heterocycles. The summed E-state index contributed by atoms with van der Waals surface area (Å²) in [5, 5.41) is 5.64. The standard InChI is InChI=1S/C19H22N2O3/c1-3-14(2)20-18(22)13-24-17-11-9-16(10-12-17)21-19(23)15-7-5-4-6-8-15/h4-12,14H,3,13H2,1-2H3,(H,20,22)(H,21,23)/t14-/m1/s1. The summed E-state index contributed by atoms with van der Waals surface area (Å²) in [6, 6.07) is 16.1. The Balaban J connectivity index is 1.84. The average molecular weight is 326 g/mol. The lowest BCUT2D eigenvalue weighted by Gasteiger charge is -2.12. The van der Waals surface area contributed by atoms with Crippen LogP contribution in [0.1, 0.15) is 30.6 Å². The minimum absolute atomic E-state index is 0.0277. The van der Waals surface area contributed by atoms with Gasteiger partial charge < -0.3 is 15.4 Å². The fourth-order valence-corrected chi connectivity index (χ4v) is 1.99. The number of nitrogens with one attached hydrogen (secondary N) is 2.